The van der Waals surface area contributed by atoms with Crippen LogP contribution >= 0.6 is 15.6 Å². The molecule has 4 atom stereocenters. The summed E-state index contributed by atoms with van der Waals surface area (Å²) in [6.07, 6.45) is 35.7. The first-order valence-corrected chi connectivity index (χ1v) is 25.8. The van der Waals surface area contributed by atoms with Gasteiger partial charge in [0.1, 0.15) is 12.7 Å². The Labute approximate surface area is 367 Å². The van der Waals surface area contributed by atoms with Crippen molar-refractivity contribution in [2.24, 2.45) is 5.92 Å². The van der Waals surface area contributed by atoms with Gasteiger partial charge in [0.05, 0.1) is 25.9 Å². The topological polar surface area (TPSA) is 216 Å². The van der Waals surface area contributed by atoms with Crippen molar-refractivity contribution in [1.29, 1.82) is 0 Å². The lowest BCUT2D eigenvalue weighted by atomic mass is 10.0. The third-order valence-electron chi connectivity index (χ3n) is 9.47. The van der Waals surface area contributed by atoms with Gasteiger partial charge in [-0.1, -0.05) is 166 Å². The van der Waals surface area contributed by atoms with Crippen molar-refractivity contribution in [3.63, 3.8) is 0 Å². The Kier molecular flexibility index (Phi) is 38.3. The highest BCUT2D eigenvalue weighted by atomic mass is 31.2. The first-order valence-electron chi connectivity index (χ1n) is 22.8. The summed E-state index contributed by atoms with van der Waals surface area (Å²) in [6.45, 7) is 3.90. The summed E-state index contributed by atoms with van der Waals surface area (Å²) in [5.74, 6) is -0.362. The van der Waals surface area contributed by atoms with Crippen LogP contribution in [0.1, 0.15) is 175 Å². The van der Waals surface area contributed by atoms with Crippen molar-refractivity contribution in [3.05, 3.63) is 48.6 Å². The minimum atomic E-state index is -4.88. The van der Waals surface area contributed by atoms with E-state index in [4.69, 9.17) is 23.8 Å². The van der Waals surface area contributed by atoms with Crippen molar-refractivity contribution in [3.8, 4) is 0 Å². The third-order valence-corrected chi connectivity index (χ3v) is 10.9. The highest BCUT2D eigenvalue weighted by molar-refractivity contribution is 7.47. The molecule has 0 rings (SSSR count). The van der Waals surface area contributed by atoms with Gasteiger partial charge in [-0.2, -0.15) is 0 Å². The van der Waals surface area contributed by atoms with Crippen LogP contribution in [0, 0.1) is 5.92 Å². The summed E-state index contributed by atoms with van der Waals surface area (Å²) >= 11 is 0. The lowest BCUT2D eigenvalue weighted by Crippen LogP contribution is -2.29. The Morgan fingerprint density at radius 2 is 1.15 bits per heavy atom. The minimum Gasteiger partial charge on any atom is -0.462 e. The van der Waals surface area contributed by atoms with Crippen molar-refractivity contribution >= 4 is 27.6 Å². The van der Waals surface area contributed by atoms with Crippen LogP contribution in [0.5, 0.6) is 0 Å². The molecule has 16 heteroatoms. The molecule has 0 radical (unpaired) electrons. The van der Waals surface area contributed by atoms with E-state index in [9.17, 15) is 33.8 Å². The highest BCUT2D eigenvalue weighted by Crippen LogP contribution is 2.43. The zero-order chi connectivity index (χ0) is 45.5. The van der Waals surface area contributed by atoms with E-state index < -0.39 is 72.3 Å². The molecule has 0 fully saturated rings. The standard InChI is InChI=1S/C45H82O14P2/c1-4-5-6-7-8-14-18-22-27-32-41(46)33-28-23-20-25-30-35-45(49)59-43(39-58-61(53,54)57-37-42(47)36-56-60(50,51)52)38-55-44(48)34-29-24-19-16-13-11-9-10-12-15-17-21-26-31-40(2)3/h8,14,20,22-23,27-28,33,40-43,46-47H,4-7,9-13,15-19,21,24-26,29-32,34-39H2,1-3H3,(H,53,54)(H2,50,51,52)/b14-8-,23-20+,27-22-,33-28-/t41?,42-,43+/m0/s1. The summed E-state index contributed by atoms with van der Waals surface area (Å²) < 4.78 is 47.7. The Morgan fingerprint density at radius 3 is 1.77 bits per heavy atom. The number of hydrogen-bond donors (Lipinski definition) is 5. The molecule has 356 valence electrons. The molecular weight excluding hydrogens is 826 g/mol. The fourth-order valence-corrected chi connectivity index (χ4v) is 7.11. The lowest BCUT2D eigenvalue weighted by molar-refractivity contribution is -0.161. The Balaban J connectivity index is 4.66. The summed E-state index contributed by atoms with van der Waals surface area (Å²) in [6, 6.07) is 0. The molecule has 0 aromatic rings. The number of esters is 2. The number of aliphatic hydroxyl groups excluding tert-OH is 2. The summed E-state index contributed by atoms with van der Waals surface area (Å²) in [5.41, 5.74) is 0. The molecule has 0 aromatic heterocycles. The molecule has 0 spiro atoms. The molecule has 5 N–H and O–H groups in total. The predicted octanol–water partition coefficient (Wildman–Crippen LogP) is 10.7. The SMILES string of the molecule is CCCCC/C=C\C/C=C\CC(O)/C=C\C=C\CCCC(=O)O[C@H](COC(=O)CCCCCCCCCCCCCCCC(C)C)COP(=O)(O)OC[C@@H](O)COP(=O)(O)O. The third kappa shape index (κ3) is 44.4. The second-order valence-corrected chi connectivity index (χ2v) is 18.7. The molecular formula is C45H82O14P2. The first kappa shape index (κ1) is 59.0. The Morgan fingerprint density at radius 1 is 0.590 bits per heavy atom. The Bertz CT molecular complexity index is 1300. The lowest BCUT2D eigenvalue weighted by Gasteiger charge is -2.20. The number of ether oxygens (including phenoxy) is 2. The molecule has 61 heavy (non-hydrogen) atoms. The number of phosphoric ester groups is 2. The fourth-order valence-electron chi connectivity index (χ4n) is 5.96. The van der Waals surface area contributed by atoms with Gasteiger partial charge in [0, 0.05) is 12.8 Å². The minimum absolute atomic E-state index is 0.00339. The van der Waals surface area contributed by atoms with E-state index in [1.807, 2.05) is 18.2 Å². The number of carbonyl (C=O) groups excluding carboxylic acids is 2. The predicted molar refractivity (Wildman–Crippen MR) is 240 cm³/mol. The molecule has 0 aromatic carbocycles. The van der Waals surface area contributed by atoms with Crippen LogP contribution in [0.4, 0.5) is 0 Å². The normalized spacial score (nSPS) is 15.0. The van der Waals surface area contributed by atoms with E-state index >= 15 is 0 Å². The number of allylic oxidation sites excluding steroid dienone is 6. The molecule has 0 saturated carbocycles. The van der Waals surface area contributed by atoms with E-state index in [2.05, 4.69) is 42.0 Å². The van der Waals surface area contributed by atoms with Gasteiger partial charge in [-0.3, -0.25) is 23.2 Å². The molecule has 0 saturated heterocycles. The zero-order valence-corrected chi connectivity index (χ0v) is 39.3. The molecule has 0 aliphatic heterocycles. The van der Waals surface area contributed by atoms with Crippen LogP contribution in [0.15, 0.2) is 48.6 Å². The van der Waals surface area contributed by atoms with Gasteiger partial charge in [0.15, 0.2) is 6.10 Å². The zero-order valence-electron chi connectivity index (χ0n) is 37.5. The van der Waals surface area contributed by atoms with E-state index in [1.165, 1.54) is 83.5 Å². The van der Waals surface area contributed by atoms with Crippen LogP contribution in [0.25, 0.3) is 0 Å². The number of aliphatic hydroxyl groups is 2. The number of rotatable bonds is 42. The molecule has 0 aliphatic carbocycles. The Hall–Kier alpha value is -1.96. The van der Waals surface area contributed by atoms with Gasteiger partial charge in [-0.25, -0.2) is 9.13 Å². The summed E-state index contributed by atoms with van der Waals surface area (Å²) in [5, 5.41) is 19.9. The first-order chi connectivity index (χ1) is 29.1. The van der Waals surface area contributed by atoms with Crippen LogP contribution < -0.4 is 0 Å². The molecule has 0 bridgehead atoms. The number of unbranched alkanes of at least 4 members (excludes halogenated alkanes) is 16. The fraction of sp³-hybridized carbons (Fsp3) is 0.778. The van der Waals surface area contributed by atoms with Gasteiger partial charge >= 0.3 is 27.6 Å². The van der Waals surface area contributed by atoms with Crippen LogP contribution in [-0.4, -0.2) is 81.6 Å². The maximum atomic E-state index is 12.7. The van der Waals surface area contributed by atoms with Crippen LogP contribution in [0.2, 0.25) is 0 Å². The van der Waals surface area contributed by atoms with Gasteiger partial charge in [-0.15, -0.1) is 0 Å². The maximum Gasteiger partial charge on any atom is 0.472 e. The smallest absolute Gasteiger partial charge is 0.462 e. The van der Waals surface area contributed by atoms with Crippen LogP contribution in [0.3, 0.4) is 0 Å². The van der Waals surface area contributed by atoms with Crippen molar-refractivity contribution < 1.29 is 66.7 Å². The van der Waals surface area contributed by atoms with Crippen LogP contribution in [-0.2, 0) is 41.8 Å². The van der Waals surface area contributed by atoms with E-state index in [0.29, 0.717) is 25.7 Å². The second kappa shape index (κ2) is 39.6. The van der Waals surface area contributed by atoms with Crippen molar-refractivity contribution in [2.75, 3.05) is 26.4 Å². The number of hydrogen-bond acceptors (Lipinski definition) is 11. The average molecular weight is 909 g/mol. The average Bonchev–Trinajstić information content (AvgIpc) is 3.20. The highest BCUT2D eigenvalue weighted by Gasteiger charge is 2.28. The van der Waals surface area contributed by atoms with Gasteiger partial charge in [-0.05, 0) is 50.9 Å². The molecule has 0 aliphatic rings. The van der Waals surface area contributed by atoms with E-state index in [1.54, 1.807) is 18.2 Å². The van der Waals surface area contributed by atoms with Gasteiger partial charge in [0.2, 0.25) is 0 Å². The second-order valence-electron chi connectivity index (χ2n) is 16.0. The summed E-state index contributed by atoms with van der Waals surface area (Å²) in [7, 11) is -9.73. The van der Waals surface area contributed by atoms with E-state index in [-0.39, 0.29) is 12.8 Å². The summed E-state index contributed by atoms with van der Waals surface area (Å²) in [4.78, 5) is 52.7. The molecule has 0 amide bonds. The van der Waals surface area contributed by atoms with E-state index in [0.717, 1.165) is 38.0 Å². The van der Waals surface area contributed by atoms with Crippen molar-refractivity contribution in [1.82, 2.24) is 0 Å². The van der Waals surface area contributed by atoms with Gasteiger partial charge in [0.25, 0.3) is 0 Å². The van der Waals surface area contributed by atoms with Crippen molar-refractivity contribution in [2.45, 2.75) is 193 Å². The molecule has 14 nitrogen and oxygen atoms in total. The molecule has 0 heterocycles. The van der Waals surface area contributed by atoms with Gasteiger partial charge < -0.3 is 34.4 Å². The largest absolute Gasteiger partial charge is 0.472 e. The maximum absolute atomic E-state index is 12.7. The molecule has 2 unspecified atom stereocenters. The monoisotopic (exact) mass is 909 g/mol. The quantitative estimate of drug-likeness (QED) is 0.0127. The number of phosphoric acid groups is 2. The number of carbonyl (C=O) groups is 2.